The van der Waals surface area contributed by atoms with Crippen molar-refractivity contribution in [3.8, 4) is 17.2 Å². The molecule has 1 aliphatic rings. The predicted molar refractivity (Wildman–Crippen MR) is 165 cm³/mol. The average molecular weight is 560 g/mol. The molecule has 0 aliphatic heterocycles. The fourth-order valence-electron chi connectivity index (χ4n) is 5.93. The van der Waals surface area contributed by atoms with Crippen LogP contribution >= 0.6 is 0 Å². The molecule has 6 bridgehead atoms. The molecule has 0 heterocycles. The molecule has 1 aliphatic carbocycles. The van der Waals surface area contributed by atoms with Gasteiger partial charge in [0.05, 0.1) is 26.3 Å². The molecule has 0 fully saturated rings. The molecule has 0 saturated carbocycles. The van der Waals surface area contributed by atoms with Crippen LogP contribution in [0.2, 0.25) is 0 Å². The number of nitro benzene ring substituents is 1. The molecule has 4 rings (SSSR count). The maximum Gasteiger partial charge on any atom is 0.270 e. The highest BCUT2D eigenvalue weighted by Crippen LogP contribution is 2.39. The molecule has 0 atom stereocenters. The van der Waals surface area contributed by atoms with Crippen LogP contribution in [0.4, 0.5) is 5.69 Å². The number of non-ortho nitro benzene ring substituents is 1. The molecule has 0 aromatic heterocycles. The van der Waals surface area contributed by atoms with Crippen LogP contribution in [0, 0.1) is 10.1 Å². The Balaban J connectivity index is 2.02. The third-order valence-corrected chi connectivity index (χ3v) is 8.26. The number of nitrogens with zero attached hydrogens (tertiary/aromatic N) is 1. The number of rotatable bonds is 4. The van der Waals surface area contributed by atoms with Gasteiger partial charge in [0, 0.05) is 23.3 Å². The van der Waals surface area contributed by atoms with E-state index in [-0.39, 0.29) is 21.4 Å². The summed E-state index contributed by atoms with van der Waals surface area (Å²) in [5.41, 5.74) is 8.71. The maximum absolute atomic E-state index is 12.0. The number of hydrogen-bond acceptors (Lipinski definition) is 5. The molecule has 0 spiro atoms. The lowest BCUT2D eigenvalue weighted by Crippen LogP contribution is -2.15. The number of fused-ring (bicyclic) bond motifs is 6. The molecule has 0 N–H and O–H groups in total. The van der Waals surface area contributed by atoms with Crippen molar-refractivity contribution in [3.63, 3.8) is 0 Å². The van der Waals surface area contributed by atoms with Crippen molar-refractivity contribution in [2.75, 3.05) is 21.3 Å². The van der Waals surface area contributed by atoms with Crippen molar-refractivity contribution in [1.82, 2.24) is 0 Å². The second-order valence-corrected chi connectivity index (χ2v) is 13.2. The van der Waals surface area contributed by atoms with Crippen LogP contribution in [0.5, 0.6) is 17.2 Å². The lowest BCUT2D eigenvalue weighted by molar-refractivity contribution is -0.385. The van der Waals surface area contributed by atoms with E-state index in [0.29, 0.717) is 25.7 Å². The third kappa shape index (κ3) is 6.52. The largest absolute Gasteiger partial charge is 0.496 e. The number of benzene rings is 3. The zero-order valence-corrected chi connectivity index (χ0v) is 26.2. The van der Waals surface area contributed by atoms with Gasteiger partial charge in [0.15, 0.2) is 0 Å². The standard InChI is InChI=1S/C35H45NO5/c1-34(2,3)28-16-22-10-11-23-17-29(35(4,5)6)19-25(32(23)40-8)13-15-27-21-30(36(37)38)20-26(33(27)41-9)14-12-24(18-28)31(22)39-7/h16-21H,10-15H2,1-9H3. The van der Waals surface area contributed by atoms with Crippen molar-refractivity contribution < 1.29 is 19.1 Å². The van der Waals surface area contributed by atoms with E-state index in [0.717, 1.165) is 52.3 Å². The molecule has 0 unspecified atom stereocenters. The summed E-state index contributed by atoms with van der Waals surface area (Å²) in [6.45, 7) is 13.4. The number of nitro groups is 1. The van der Waals surface area contributed by atoms with E-state index in [1.54, 1.807) is 33.5 Å². The molecule has 6 nitrogen and oxygen atoms in total. The topological polar surface area (TPSA) is 70.8 Å². The minimum absolute atomic E-state index is 0.0495. The van der Waals surface area contributed by atoms with Gasteiger partial charge in [0.2, 0.25) is 0 Å². The molecule has 3 aromatic carbocycles. The van der Waals surface area contributed by atoms with Crippen molar-refractivity contribution in [2.24, 2.45) is 0 Å². The first-order valence-corrected chi connectivity index (χ1v) is 14.5. The highest BCUT2D eigenvalue weighted by molar-refractivity contribution is 5.54. The van der Waals surface area contributed by atoms with Crippen LogP contribution < -0.4 is 14.2 Å². The van der Waals surface area contributed by atoms with Crippen LogP contribution in [0.25, 0.3) is 0 Å². The Morgan fingerprint density at radius 1 is 0.537 bits per heavy atom. The molecular formula is C35H45NO5. The first kappa shape index (κ1) is 30.4. The van der Waals surface area contributed by atoms with Crippen LogP contribution in [0.1, 0.15) is 86.1 Å². The quantitative estimate of drug-likeness (QED) is 0.240. The molecule has 0 radical (unpaired) electrons. The average Bonchev–Trinajstić information content (AvgIpc) is 2.91. The van der Waals surface area contributed by atoms with Gasteiger partial charge in [-0.25, -0.2) is 0 Å². The first-order valence-electron chi connectivity index (χ1n) is 14.5. The summed E-state index contributed by atoms with van der Waals surface area (Å²) in [5, 5.41) is 12.0. The summed E-state index contributed by atoms with van der Waals surface area (Å²) < 4.78 is 18.1. The van der Waals surface area contributed by atoms with Gasteiger partial charge in [-0.1, -0.05) is 65.8 Å². The Hall–Kier alpha value is -3.54. The van der Waals surface area contributed by atoms with Crippen molar-refractivity contribution >= 4 is 5.69 Å². The smallest absolute Gasteiger partial charge is 0.270 e. The van der Waals surface area contributed by atoms with E-state index < -0.39 is 0 Å². The van der Waals surface area contributed by atoms with Crippen LogP contribution in [0.3, 0.4) is 0 Å². The van der Waals surface area contributed by atoms with Crippen molar-refractivity contribution in [1.29, 1.82) is 0 Å². The van der Waals surface area contributed by atoms with E-state index in [9.17, 15) is 10.1 Å². The highest BCUT2D eigenvalue weighted by atomic mass is 16.6. The van der Waals surface area contributed by atoms with Gasteiger partial charge in [-0.15, -0.1) is 0 Å². The Bertz CT molecular complexity index is 1340. The fraction of sp³-hybridized carbons (Fsp3) is 0.486. The Morgan fingerprint density at radius 2 is 0.780 bits per heavy atom. The Labute approximate surface area is 245 Å². The monoisotopic (exact) mass is 559 g/mol. The summed E-state index contributed by atoms with van der Waals surface area (Å²) in [4.78, 5) is 11.7. The van der Waals surface area contributed by atoms with Gasteiger partial charge in [0.25, 0.3) is 5.69 Å². The second-order valence-electron chi connectivity index (χ2n) is 13.2. The molecule has 0 saturated heterocycles. The Kier molecular flexibility index (Phi) is 8.72. The summed E-state index contributed by atoms with van der Waals surface area (Å²) in [7, 11) is 5.12. The van der Waals surface area contributed by atoms with E-state index in [1.165, 1.54) is 22.3 Å². The molecule has 3 aromatic rings. The summed E-state index contributed by atoms with van der Waals surface area (Å²) >= 11 is 0. The van der Waals surface area contributed by atoms with Crippen LogP contribution in [0.15, 0.2) is 36.4 Å². The van der Waals surface area contributed by atoms with Crippen molar-refractivity contribution in [2.45, 2.75) is 90.9 Å². The fourth-order valence-corrected chi connectivity index (χ4v) is 5.93. The maximum atomic E-state index is 12.0. The van der Waals surface area contributed by atoms with E-state index >= 15 is 0 Å². The number of ether oxygens (including phenoxy) is 3. The lowest BCUT2D eigenvalue weighted by atomic mass is 9.82. The number of aryl methyl sites for hydroxylation is 6. The van der Waals surface area contributed by atoms with Crippen LogP contribution in [-0.4, -0.2) is 26.3 Å². The number of hydrogen-bond donors (Lipinski definition) is 0. The second kappa shape index (κ2) is 11.8. The van der Waals surface area contributed by atoms with Gasteiger partial charge in [-0.2, -0.15) is 0 Å². The van der Waals surface area contributed by atoms with Gasteiger partial charge in [-0.05, 0) is 82.7 Å². The highest BCUT2D eigenvalue weighted by Gasteiger charge is 2.25. The normalized spacial score (nSPS) is 14.1. The summed E-state index contributed by atoms with van der Waals surface area (Å²) in [6, 6.07) is 12.4. The summed E-state index contributed by atoms with van der Waals surface area (Å²) in [6.07, 6.45) is 4.20. The van der Waals surface area contributed by atoms with Crippen molar-refractivity contribution in [3.05, 3.63) is 91.0 Å². The van der Waals surface area contributed by atoms with Crippen LogP contribution in [-0.2, 0) is 49.4 Å². The minimum Gasteiger partial charge on any atom is -0.496 e. The zero-order chi connectivity index (χ0) is 30.1. The molecule has 41 heavy (non-hydrogen) atoms. The van der Waals surface area contributed by atoms with E-state index in [1.807, 2.05) is 0 Å². The molecule has 0 amide bonds. The van der Waals surface area contributed by atoms with E-state index in [2.05, 4.69) is 65.8 Å². The zero-order valence-electron chi connectivity index (χ0n) is 26.2. The van der Waals surface area contributed by atoms with Gasteiger partial charge < -0.3 is 14.2 Å². The Morgan fingerprint density at radius 3 is 0.976 bits per heavy atom. The predicted octanol–water partition coefficient (Wildman–Crippen LogP) is 7.88. The van der Waals surface area contributed by atoms with Gasteiger partial charge >= 0.3 is 0 Å². The molecule has 220 valence electrons. The van der Waals surface area contributed by atoms with E-state index in [4.69, 9.17) is 14.2 Å². The SMILES string of the molecule is COc1c2cc([N+](=O)[O-])cc1CCc1cc(C(C)(C)C)cc(c1OC)CCc1cc(C(C)(C)C)cc(c1OC)CC2. The molecular weight excluding hydrogens is 514 g/mol. The van der Waals surface area contributed by atoms with Gasteiger partial charge in [-0.3, -0.25) is 10.1 Å². The molecule has 6 heteroatoms. The minimum atomic E-state index is -0.307. The van der Waals surface area contributed by atoms with Gasteiger partial charge in [0.1, 0.15) is 17.2 Å². The first-order chi connectivity index (χ1) is 19.3. The third-order valence-electron chi connectivity index (χ3n) is 8.26. The summed E-state index contributed by atoms with van der Waals surface area (Å²) in [5.74, 6) is 2.51. The number of methoxy groups -OCH3 is 3. The lowest BCUT2D eigenvalue weighted by Gasteiger charge is -2.25.